The van der Waals surface area contributed by atoms with Crippen molar-refractivity contribution in [2.45, 2.75) is 31.7 Å². The van der Waals surface area contributed by atoms with Crippen LogP contribution in [0.3, 0.4) is 0 Å². The summed E-state index contributed by atoms with van der Waals surface area (Å²) in [5.74, 6) is -0.0247. The van der Waals surface area contributed by atoms with Crippen LogP contribution in [-0.2, 0) is 0 Å². The molecule has 1 atom stereocenters. The summed E-state index contributed by atoms with van der Waals surface area (Å²) in [4.78, 5) is 35.7. The highest BCUT2D eigenvalue weighted by Gasteiger charge is 2.32. The van der Waals surface area contributed by atoms with E-state index in [-0.39, 0.29) is 23.4 Å². The smallest absolute Gasteiger partial charge is 0.404 e. The Labute approximate surface area is 138 Å². The van der Waals surface area contributed by atoms with Crippen molar-refractivity contribution in [3.63, 3.8) is 0 Å². The van der Waals surface area contributed by atoms with Gasteiger partial charge in [-0.05, 0) is 37.8 Å². The Kier molecular flexibility index (Phi) is 4.37. The molecule has 0 bridgehead atoms. The molecule has 24 heavy (non-hydrogen) atoms. The zero-order valence-corrected chi connectivity index (χ0v) is 13.1. The minimum Gasteiger partial charge on any atom is -0.465 e. The van der Waals surface area contributed by atoms with Gasteiger partial charge in [-0.25, -0.2) is 4.79 Å². The fourth-order valence-corrected chi connectivity index (χ4v) is 3.16. The monoisotopic (exact) mass is 333 g/mol. The van der Waals surface area contributed by atoms with E-state index in [2.05, 4.69) is 5.32 Å². The summed E-state index contributed by atoms with van der Waals surface area (Å²) in [5, 5.41) is 22.7. The lowest BCUT2D eigenvalue weighted by atomic mass is 10.0. The second kappa shape index (κ2) is 6.46. The number of piperidine rings is 1. The molecule has 3 rings (SSSR count). The van der Waals surface area contributed by atoms with E-state index >= 15 is 0 Å². The van der Waals surface area contributed by atoms with Crippen LogP contribution in [0.25, 0.3) is 0 Å². The van der Waals surface area contributed by atoms with E-state index in [1.54, 1.807) is 12.1 Å². The number of ketones is 1. The molecule has 1 heterocycles. The standard InChI is InChI=1S/C16H19N3O5/c20-15(10-3-4-10)11-5-6-13(14(8-11)19(23)24)18-7-1-2-12(9-18)17-16(21)22/h5-6,8,10,12,17H,1-4,7,9H2,(H,21,22). The quantitative estimate of drug-likeness (QED) is 0.486. The predicted octanol–water partition coefficient (Wildman–Crippen LogP) is 2.42. The van der Waals surface area contributed by atoms with Crippen LogP contribution < -0.4 is 10.2 Å². The Morgan fingerprint density at radius 1 is 1.29 bits per heavy atom. The van der Waals surface area contributed by atoms with Crippen molar-refractivity contribution in [2.75, 3.05) is 18.0 Å². The molecule has 0 radical (unpaired) electrons. The number of anilines is 1. The Balaban J connectivity index is 1.84. The molecule has 1 amide bonds. The lowest BCUT2D eigenvalue weighted by molar-refractivity contribution is -0.384. The molecule has 1 aliphatic heterocycles. The van der Waals surface area contributed by atoms with Gasteiger partial charge >= 0.3 is 6.09 Å². The molecule has 1 unspecified atom stereocenters. The average molecular weight is 333 g/mol. The van der Waals surface area contributed by atoms with E-state index in [1.165, 1.54) is 6.07 Å². The summed E-state index contributed by atoms with van der Waals surface area (Å²) in [6.07, 6.45) is 2.05. The van der Waals surface area contributed by atoms with E-state index in [9.17, 15) is 19.7 Å². The molecule has 1 saturated carbocycles. The lowest BCUT2D eigenvalue weighted by Gasteiger charge is -2.33. The van der Waals surface area contributed by atoms with E-state index in [0.29, 0.717) is 30.8 Å². The molecule has 1 saturated heterocycles. The molecule has 2 fully saturated rings. The molecule has 0 spiro atoms. The molecular weight excluding hydrogens is 314 g/mol. The van der Waals surface area contributed by atoms with Crippen LogP contribution in [0.5, 0.6) is 0 Å². The molecule has 1 aromatic rings. The minimum atomic E-state index is -1.10. The largest absolute Gasteiger partial charge is 0.465 e. The summed E-state index contributed by atoms with van der Waals surface area (Å²) in [5.41, 5.74) is 0.715. The lowest BCUT2D eigenvalue weighted by Crippen LogP contribution is -2.47. The number of Topliss-reactive ketones (excluding diaryl/α,β-unsaturated/α-hetero) is 1. The molecule has 1 aliphatic carbocycles. The Bertz CT molecular complexity index is 686. The second-order valence-corrected chi connectivity index (χ2v) is 6.33. The topological polar surface area (TPSA) is 113 Å². The van der Waals surface area contributed by atoms with E-state index in [4.69, 9.17) is 5.11 Å². The van der Waals surface area contributed by atoms with E-state index in [0.717, 1.165) is 19.3 Å². The summed E-state index contributed by atoms with van der Waals surface area (Å²) in [7, 11) is 0. The number of rotatable bonds is 5. The molecule has 0 aromatic heterocycles. The molecule has 128 valence electrons. The van der Waals surface area contributed by atoms with Crippen LogP contribution in [0.1, 0.15) is 36.0 Å². The number of hydrogen-bond donors (Lipinski definition) is 2. The number of nitro benzene ring substituents is 1. The first-order valence-electron chi connectivity index (χ1n) is 8.03. The number of carbonyl (C=O) groups is 2. The Morgan fingerprint density at radius 2 is 2.04 bits per heavy atom. The second-order valence-electron chi connectivity index (χ2n) is 6.33. The SMILES string of the molecule is O=C(O)NC1CCCN(c2ccc(C(=O)C3CC3)cc2[N+](=O)[O-])C1. The highest BCUT2D eigenvalue weighted by molar-refractivity contribution is 6.00. The van der Waals surface area contributed by atoms with Crippen molar-refractivity contribution in [3.8, 4) is 0 Å². The van der Waals surface area contributed by atoms with Crippen LogP contribution in [0.2, 0.25) is 0 Å². The molecule has 8 heteroatoms. The third kappa shape index (κ3) is 3.47. The number of nitro groups is 1. The zero-order valence-electron chi connectivity index (χ0n) is 13.1. The first-order valence-corrected chi connectivity index (χ1v) is 8.03. The highest BCUT2D eigenvalue weighted by Crippen LogP contribution is 2.36. The Morgan fingerprint density at radius 3 is 2.67 bits per heavy atom. The minimum absolute atomic E-state index is 0.00888. The summed E-state index contributed by atoms with van der Waals surface area (Å²) in [6.45, 7) is 0.998. The van der Waals surface area contributed by atoms with E-state index in [1.807, 2.05) is 4.90 Å². The average Bonchev–Trinajstić information content (AvgIpc) is 3.38. The number of hydrogen-bond acceptors (Lipinski definition) is 5. The zero-order chi connectivity index (χ0) is 17.3. The van der Waals surface area contributed by atoms with Crippen molar-refractivity contribution in [2.24, 2.45) is 5.92 Å². The predicted molar refractivity (Wildman–Crippen MR) is 86.5 cm³/mol. The maximum atomic E-state index is 12.1. The highest BCUT2D eigenvalue weighted by atomic mass is 16.6. The first-order chi connectivity index (χ1) is 11.5. The number of nitrogens with one attached hydrogen (secondary N) is 1. The summed E-state index contributed by atoms with van der Waals surface area (Å²) >= 11 is 0. The first kappa shape index (κ1) is 16.2. The third-order valence-electron chi connectivity index (χ3n) is 4.49. The number of nitrogens with zero attached hydrogens (tertiary/aromatic N) is 2. The third-order valence-corrected chi connectivity index (χ3v) is 4.49. The molecule has 1 aromatic carbocycles. The maximum Gasteiger partial charge on any atom is 0.404 e. The summed E-state index contributed by atoms with van der Waals surface area (Å²) in [6, 6.07) is 4.34. The van der Waals surface area contributed by atoms with Crippen molar-refractivity contribution in [1.82, 2.24) is 5.32 Å². The number of amides is 1. The van der Waals surface area contributed by atoms with Crippen LogP contribution in [-0.4, -0.2) is 41.0 Å². The van der Waals surface area contributed by atoms with Crippen molar-refractivity contribution in [1.29, 1.82) is 0 Å². The molecular formula is C16H19N3O5. The van der Waals surface area contributed by atoms with Crippen molar-refractivity contribution in [3.05, 3.63) is 33.9 Å². The fourth-order valence-electron chi connectivity index (χ4n) is 3.16. The van der Waals surface area contributed by atoms with Gasteiger partial charge in [0, 0.05) is 36.7 Å². The number of carboxylic acid groups (broad SMARTS) is 1. The van der Waals surface area contributed by atoms with Crippen LogP contribution >= 0.6 is 0 Å². The van der Waals surface area contributed by atoms with Crippen LogP contribution in [0.4, 0.5) is 16.2 Å². The van der Waals surface area contributed by atoms with Gasteiger partial charge in [-0.15, -0.1) is 0 Å². The fraction of sp³-hybridized carbons (Fsp3) is 0.500. The van der Waals surface area contributed by atoms with Gasteiger partial charge in [0.05, 0.1) is 4.92 Å². The van der Waals surface area contributed by atoms with Gasteiger partial charge < -0.3 is 15.3 Å². The van der Waals surface area contributed by atoms with Gasteiger partial charge in [-0.3, -0.25) is 14.9 Å². The number of carbonyl (C=O) groups excluding carboxylic acids is 1. The Hall–Kier alpha value is -2.64. The maximum absolute atomic E-state index is 12.1. The van der Waals surface area contributed by atoms with Gasteiger partial charge in [-0.2, -0.15) is 0 Å². The van der Waals surface area contributed by atoms with Crippen molar-refractivity contribution < 1.29 is 19.6 Å². The van der Waals surface area contributed by atoms with Crippen LogP contribution in [0, 0.1) is 16.0 Å². The van der Waals surface area contributed by atoms with Gasteiger partial charge in [0.2, 0.25) is 0 Å². The van der Waals surface area contributed by atoms with Gasteiger partial charge in [0.25, 0.3) is 5.69 Å². The van der Waals surface area contributed by atoms with E-state index < -0.39 is 11.0 Å². The van der Waals surface area contributed by atoms with Crippen molar-refractivity contribution >= 4 is 23.3 Å². The van der Waals surface area contributed by atoms with Gasteiger partial charge in [0.1, 0.15) is 5.69 Å². The summed E-state index contributed by atoms with van der Waals surface area (Å²) < 4.78 is 0. The number of benzene rings is 1. The molecule has 2 N–H and O–H groups in total. The van der Waals surface area contributed by atoms with Crippen LogP contribution in [0.15, 0.2) is 18.2 Å². The van der Waals surface area contributed by atoms with Gasteiger partial charge in [-0.1, -0.05) is 0 Å². The van der Waals surface area contributed by atoms with Gasteiger partial charge in [0.15, 0.2) is 5.78 Å². The molecule has 2 aliphatic rings. The molecule has 8 nitrogen and oxygen atoms in total. The normalized spacial score (nSPS) is 20.5.